The van der Waals surface area contributed by atoms with Gasteiger partial charge in [0.05, 0.1) is 16.0 Å². The molecule has 2 rings (SSSR count). The lowest BCUT2D eigenvalue weighted by atomic mass is 10.1. The third-order valence-electron chi connectivity index (χ3n) is 2.48. The molecule has 2 heterocycles. The highest BCUT2D eigenvalue weighted by Gasteiger charge is 2.16. The summed E-state index contributed by atoms with van der Waals surface area (Å²) in [5, 5.41) is 4.32. The van der Waals surface area contributed by atoms with Crippen LogP contribution >= 0.6 is 27.3 Å². The normalized spacial score (nSPS) is 12.9. The fourth-order valence-corrected chi connectivity index (χ4v) is 3.22. The smallest absolute Gasteiger partial charge is 0.0833 e. The molecule has 4 nitrogen and oxygen atoms in total. The Labute approximate surface area is 113 Å². The summed E-state index contributed by atoms with van der Waals surface area (Å²) in [4.78, 5) is 1.18. The van der Waals surface area contributed by atoms with Gasteiger partial charge in [-0.3, -0.25) is 10.5 Å². The molecular weight excluding hydrogens is 300 g/mol. The molecule has 0 fully saturated rings. The highest BCUT2D eigenvalue weighted by atomic mass is 79.9. The van der Waals surface area contributed by atoms with Crippen molar-refractivity contribution < 1.29 is 0 Å². The van der Waals surface area contributed by atoms with Crippen LogP contribution in [-0.2, 0) is 6.54 Å². The number of hydrogen-bond acceptors (Lipinski definition) is 4. The Morgan fingerprint density at radius 2 is 2.41 bits per heavy atom. The molecule has 0 spiro atoms. The zero-order valence-corrected chi connectivity index (χ0v) is 12.0. The molecule has 0 aliphatic carbocycles. The van der Waals surface area contributed by atoms with Gasteiger partial charge in [0.2, 0.25) is 0 Å². The quantitative estimate of drug-likeness (QED) is 0.659. The second-order valence-corrected chi connectivity index (χ2v) is 6.27. The maximum atomic E-state index is 5.63. The van der Waals surface area contributed by atoms with Crippen LogP contribution in [0.4, 0.5) is 0 Å². The number of nitrogens with two attached hydrogens (primary N) is 1. The molecule has 0 aliphatic heterocycles. The van der Waals surface area contributed by atoms with Gasteiger partial charge in [0, 0.05) is 23.2 Å². The molecule has 0 radical (unpaired) electrons. The number of rotatable bonds is 5. The standard InChI is InChI=1S/C11H15BrN4S/c1-2-5-16-7-8(6-14-16)11(15-13)9-3-4-10(12)17-9/h3-4,6-7,11,15H,2,5,13H2,1H3. The van der Waals surface area contributed by atoms with Crippen molar-refractivity contribution in [3.63, 3.8) is 0 Å². The van der Waals surface area contributed by atoms with E-state index in [9.17, 15) is 0 Å². The van der Waals surface area contributed by atoms with Crippen molar-refractivity contribution in [3.8, 4) is 0 Å². The van der Waals surface area contributed by atoms with Gasteiger partial charge in [-0.05, 0) is 34.5 Å². The fourth-order valence-electron chi connectivity index (χ4n) is 1.71. The zero-order valence-electron chi connectivity index (χ0n) is 9.56. The Kier molecular flexibility index (Phi) is 4.33. The van der Waals surface area contributed by atoms with E-state index in [0.29, 0.717) is 0 Å². The Balaban J connectivity index is 2.22. The van der Waals surface area contributed by atoms with Gasteiger partial charge < -0.3 is 0 Å². The van der Waals surface area contributed by atoms with Crippen LogP contribution in [0.1, 0.15) is 29.8 Å². The lowest BCUT2D eigenvalue weighted by Gasteiger charge is -2.11. The van der Waals surface area contributed by atoms with E-state index in [0.717, 1.165) is 22.3 Å². The average Bonchev–Trinajstić information content (AvgIpc) is 2.91. The van der Waals surface area contributed by atoms with E-state index < -0.39 is 0 Å². The largest absolute Gasteiger partial charge is 0.272 e. The summed E-state index contributed by atoms with van der Waals surface area (Å²) < 4.78 is 3.05. The SMILES string of the molecule is CCCn1cc(C(NN)c2ccc(Br)s2)cn1. The van der Waals surface area contributed by atoms with E-state index in [1.54, 1.807) is 11.3 Å². The molecule has 0 saturated heterocycles. The summed E-state index contributed by atoms with van der Waals surface area (Å²) >= 11 is 5.14. The van der Waals surface area contributed by atoms with Crippen LogP contribution in [0.2, 0.25) is 0 Å². The molecule has 6 heteroatoms. The maximum absolute atomic E-state index is 5.63. The fraction of sp³-hybridized carbons (Fsp3) is 0.364. The molecule has 0 saturated carbocycles. The molecular formula is C11H15BrN4S. The Morgan fingerprint density at radius 3 is 3.00 bits per heavy atom. The van der Waals surface area contributed by atoms with E-state index in [1.807, 2.05) is 23.1 Å². The molecule has 0 aliphatic rings. The lowest BCUT2D eigenvalue weighted by Crippen LogP contribution is -2.27. The van der Waals surface area contributed by atoms with E-state index in [2.05, 4.69) is 39.4 Å². The Hall–Kier alpha value is -0.690. The van der Waals surface area contributed by atoms with Crippen molar-refractivity contribution in [3.05, 3.63) is 38.8 Å². The number of halogens is 1. The van der Waals surface area contributed by atoms with Crippen LogP contribution in [-0.4, -0.2) is 9.78 Å². The highest BCUT2D eigenvalue weighted by Crippen LogP contribution is 2.30. The van der Waals surface area contributed by atoms with Crippen LogP contribution in [0.5, 0.6) is 0 Å². The monoisotopic (exact) mass is 314 g/mol. The minimum Gasteiger partial charge on any atom is -0.272 e. The maximum Gasteiger partial charge on any atom is 0.0833 e. The number of hydrogen-bond donors (Lipinski definition) is 2. The van der Waals surface area contributed by atoms with E-state index in [1.165, 1.54) is 4.88 Å². The predicted molar refractivity (Wildman–Crippen MR) is 73.7 cm³/mol. The third-order valence-corrected chi connectivity index (χ3v) is 4.17. The summed E-state index contributed by atoms with van der Waals surface area (Å²) in [6.45, 7) is 3.07. The first-order chi connectivity index (χ1) is 8.24. The van der Waals surface area contributed by atoms with Gasteiger partial charge in [0.25, 0.3) is 0 Å². The van der Waals surface area contributed by atoms with Crippen LogP contribution in [0.3, 0.4) is 0 Å². The molecule has 1 atom stereocenters. The number of aromatic nitrogens is 2. The average molecular weight is 315 g/mol. The second-order valence-electron chi connectivity index (χ2n) is 3.78. The van der Waals surface area contributed by atoms with Crippen molar-refractivity contribution >= 4 is 27.3 Å². The summed E-state index contributed by atoms with van der Waals surface area (Å²) in [5.74, 6) is 5.63. The molecule has 1 unspecified atom stereocenters. The number of nitrogens with zero attached hydrogens (tertiary/aromatic N) is 2. The second kappa shape index (κ2) is 5.77. The van der Waals surface area contributed by atoms with Crippen LogP contribution in [0.15, 0.2) is 28.3 Å². The van der Waals surface area contributed by atoms with Crippen molar-refractivity contribution in [2.45, 2.75) is 25.9 Å². The highest BCUT2D eigenvalue weighted by molar-refractivity contribution is 9.11. The topological polar surface area (TPSA) is 55.9 Å². The van der Waals surface area contributed by atoms with Gasteiger partial charge in [0.15, 0.2) is 0 Å². The van der Waals surface area contributed by atoms with Gasteiger partial charge in [-0.2, -0.15) is 5.10 Å². The summed E-state index contributed by atoms with van der Waals surface area (Å²) in [6.07, 6.45) is 4.99. The lowest BCUT2D eigenvalue weighted by molar-refractivity contribution is 0.598. The molecule has 0 aromatic carbocycles. The number of nitrogens with one attached hydrogen (secondary N) is 1. The molecule has 0 bridgehead atoms. The minimum atomic E-state index is 0.0110. The number of hydrazine groups is 1. The summed E-state index contributed by atoms with van der Waals surface area (Å²) in [5.41, 5.74) is 3.93. The van der Waals surface area contributed by atoms with Gasteiger partial charge in [-0.15, -0.1) is 11.3 Å². The van der Waals surface area contributed by atoms with Gasteiger partial charge in [0.1, 0.15) is 0 Å². The van der Waals surface area contributed by atoms with Crippen molar-refractivity contribution in [2.24, 2.45) is 5.84 Å². The van der Waals surface area contributed by atoms with Crippen molar-refractivity contribution in [1.29, 1.82) is 0 Å². The van der Waals surface area contributed by atoms with Gasteiger partial charge in [-0.1, -0.05) is 6.92 Å². The molecule has 2 aromatic heterocycles. The number of aryl methyl sites for hydroxylation is 1. The first kappa shape index (κ1) is 12.8. The number of thiophene rings is 1. The molecule has 3 N–H and O–H groups in total. The van der Waals surface area contributed by atoms with Crippen LogP contribution < -0.4 is 11.3 Å². The van der Waals surface area contributed by atoms with Crippen molar-refractivity contribution in [1.82, 2.24) is 15.2 Å². The van der Waals surface area contributed by atoms with Gasteiger partial charge in [-0.25, -0.2) is 5.43 Å². The van der Waals surface area contributed by atoms with Crippen LogP contribution in [0.25, 0.3) is 0 Å². The predicted octanol–water partition coefficient (Wildman–Crippen LogP) is 2.67. The van der Waals surface area contributed by atoms with Gasteiger partial charge >= 0.3 is 0 Å². The Bertz CT molecular complexity index is 479. The summed E-state index contributed by atoms with van der Waals surface area (Å²) in [7, 11) is 0. The van der Waals surface area contributed by atoms with Crippen molar-refractivity contribution in [2.75, 3.05) is 0 Å². The molecule has 0 amide bonds. The summed E-state index contributed by atoms with van der Waals surface area (Å²) in [6, 6.07) is 4.11. The van der Waals surface area contributed by atoms with E-state index >= 15 is 0 Å². The first-order valence-corrected chi connectivity index (χ1v) is 7.09. The van der Waals surface area contributed by atoms with Crippen LogP contribution in [0, 0.1) is 0 Å². The third kappa shape index (κ3) is 2.95. The van der Waals surface area contributed by atoms with E-state index in [-0.39, 0.29) is 6.04 Å². The molecule has 17 heavy (non-hydrogen) atoms. The first-order valence-electron chi connectivity index (χ1n) is 5.48. The zero-order chi connectivity index (χ0) is 12.3. The minimum absolute atomic E-state index is 0.0110. The molecule has 2 aromatic rings. The van der Waals surface area contributed by atoms with E-state index in [4.69, 9.17) is 5.84 Å². The molecule has 92 valence electrons. The Morgan fingerprint density at radius 1 is 1.59 bits per heavy atom.